The summed E-state index contributed by atoms with van der Waals surface area (Å²) in [6.07, 6.45) is 0. The lowest BCUT2D eigenvalue weighted by Crippen LogP contribution is -2.24. The van der Waals surface area contributed by atoms with Gasteiger partial charge in [-0.05, 0) is 19.1 Å². The zero-order valence-electron chi connectivity index (χ0n) is 11.3. The molecule has 3 aromatic rings. The highest BCUT2D eigenvalue weighted by molar-refractivity contribution is 7.09. The van der Waals surface area contributed by atoms with Gasteiger partial charge >= 0.3 is 0 Å². The van der Waals surface area contributed by atoms with Crippen molar-refractivity contribution in [1.29, 1.82) is 0 Å². The maximum Gasteiger partial charge on any atom is 0.270 e. The van der Waals surface area contributed by atoms with E-state index in [1.807, 2.05) is 36.6 Å². The summed E-state index contributed by atoms with van der Waals surface area (Å²) < 4.78 is 0. The molecule has 6 heteroatoms. The Kier molecular flexibility index (Phi) is 3.86. The molecule has 0 spiro atoms. The average molecular weight is 318 g/mol. The number of hydrogen-bond donors (Lipinski definition) is 1. The first-order valence-electron chi connectivity index (χ1n) is 6.38. The number of benzene rings is 1. The van der Waals surface area contributed by atoms with E-state index in [2.05, 4.69) is 15.3 Å². The summed E-state index contributed by atoms with van der Waals surface area (Å²) in [5, 5.41) is 7.07. The number of aromatic nitrogens is 2. The predicted molar refractivity (Wildman–Crippen MR) is 84.8 cm³/mol. The van der Waals surface area contributed by atoms with E-state index in [1.165, 1.54) is 0 Å². The molecule has 3 rings (SSSR count). The lowest BCUT2D eigenvalue weighted by atomic mass is 10.2. The molecule has 0 aliphatic carbocycles. The molecule has 0 bridgehead atoms. The van der Waals surface area contributed by atoms with Crippen LogP contribution in [0.4, 0.5) is 0 Å². The molecule has 4 nitrogen and oxygen atoms in total. The van der Waals surface area contributed by atoms with Crippen LogP contribution in [-0.4, -0.2) is 15.9 Å². The molecular weight excluding hydrogens is 306 g/mol. The van der Waals surface area contributed by atoms with E-state index < -0.39 is 0 Å². The van der Waals surface area contributed by atoms with Crippen molar-refractivity contribution in [3.8, 4) is 0 Å². The van der Waals surface area contributed by atoms with E-state index in [-0.39, 0.29) is 5.91 Å². The van der Waals surface area contributed by atoms with Crippen LogP contribution in [0.2, 0.25) is 5.02 Å². The number of fused-ring (bicyclic) bond motifs is 1. The minimum absolute atomic E-state index is 0.256. The summed E-state index contributed by atoms with van der Waals surface area (Å²) in [7, 11) is 0. The first-order chi connectivity index (χ1) is 10.1. The molecule has 0 saturated carbocycles. The van der Waals surface area contributed by atoms with Gasteiger partial charge in [0.15, 0.2) is 0 Å². The van der Waals surface area contributed by atoms with E-state index in [0.717, 1.165) is 16.1 Å². The number of pyridine rings is 1. The Bertz CT molecular complexity index is 816. The van der Waals surface area contributed by atoms with Crippen molar-refractivity contribution in [1.82, 2.24) is 15.3 Å². The molecule has 2 aromatic heterocycles. The Morgan fingerprint density at radius 3 is 2.90 bits per heavy atom. The van der Waals surface area contributed by atoms with Crippen molar-refractivity contribution >= 4 is 39.7 Å². The van der Waals surface area contributed by atoms with Gasteiger partial charge in [0.25, 0.3) is 5.91 Å². The number of amides is 1. The van der Waals surface area contributed by atoms with Gasteiger partial charge in [-0.15, -0.1) is 11.3 Å². The van der Waals surface area contributed by atoms with Gasteiger partial charge in [-0.25, -0.2) is 9.97 Å². The molecule has 0 unspecified atom stereocenters. The molecule has 1 amide bonds. The van der Waals surface area contributed by atoms with E-state index in [0.29, 0.717) is 22.8 Å². The minimum atomic E-state index is -0.256. The maximum atomic E-state index is 12.2. The normalized spacial score (nSPS) is 10.8. The number of carbonyl (C=O) groups is 1. The fourth-order valence-electron chi connectivity index (χ4n) is 2.00. The van der Waals surface area contributed by atoms with Crippen LogP contribution >= 0.6 is 22.9 Å². The number of nitrogens with one attached hydrogen (secondary N) is 1. The smallest absolute Gasteiger partial charge is 0.270 e. The number of hydrogen-bond acceptors (Lipinski definition) is 4. The molecule has 1 N–H and O–H groups in total. The SMILES string of the molecule is Cc1nc(CNC(=O)c2cc(Cl)c3ccccc3n2)cs1. The van der Waals surface area contributed by atoms with Crippen molar-refractivity contribution in [2.45, 2.75) is 13.5 Å². The molecule has 2 heterocycles. The highest BCUT2D eigenvalue weighted by atomic mass is 35.5. The second-order valence-electron chi connectivity index (χ2n) is 4.55. The summed E-state index contributed by atoms with van der Waals surface area (Å²) >= 11 is 7.75. The van der Waals surface area contributed by atoms with Crippen LogP contribution in [0.5, 0.6) is 0 Å². The van der Waals surface area contributed by atoms with Gasteiger partial charge in [0.1, 0.15) is 5.69 Å². The van der Waals surface area contributed by atoms with Crippen molar-refractivity contribution in [2.75, 3.05) is 0 Å². The van der Waals surface area contributed by atoms with Gasteiger partial charge in [0, 0.05) is 10.8 Å². The summed E-state index contributed by atoms with van der Waals surface area (Å²) in [6.45, 7) is 2.32. The zero-order valence-corrected chi connectivity index (χ0v) is 12.8. The summed E-state index contributed by atoms with van der Waals surface area (Å²) in [4.78, 5) is 20.8. The molecule has 0 aliphatic heterocycles. The number of aryl methyl sites for hydroxylation is 1. The van der Waals surface area contributed by atoms with Crippen molar-refractivity contribution in [3.63, 3.8) is 0 Å². The third-order valence-electron chi connectivity index (χ3n) is 2.99. The third kappa shape index (κ3) is 3.04. The van der Waals surface area contributed by atoms with Gasteiger partial charge in [-0.3, -0.25) is 4.79 Å². The van der Waals surface area contributed by atoms with Crippen LogP contribution in [0.1, 0.15) is 21.2 Å². The Morgan fingerprint density at radius 2 is 2.14 bits per heavy atom. The number of halogens is 1. The zero-order chi connectivity index (χ0) is 14.8. The number of nitrogens with zero attached hydrogens (tertiary/aromatic N) is 2. The van der Waals surface area contributed by atoms with Crippen LogP contribution < -0.4 is 5.32 Å². The number of rotatable bonds is 3. The lowest BCUT2D eigenvalue weighted by Gasteiger charge is -2.06. The second kappa shape index (κ2) is 5.79. The van der Waals surface area contributed by atoms with Crippen LogP contribution in [0, 0.1) is 6.92 Å². The van der Waals surface area contributed by atoms with Gasteiger partial charge in [-0.2, -0.15) is 0 Å². The standard InChI is InChI=1S/C15H12ClN3OS/c1-9-18-10(8-21-9)7-17-15(20)14-6-12(16)11-4-2-3-5-13(11)19-14/h2-6,8H,7H2,1H3,(H,17,20). The lowest BCUT2D eigenvalue weighted by molar-refractivity contribution is 0.0946. The largest absolute Gasteiger partial charge is 0.345 e. The number of thiazole rings is 1. The maximum absolute atomic E-state index is 12.2. The molecule has 0 fully saturated rings. The van der Waals surface area contributed by atoms with E-state index in [1.54, 1.807) is 17.4 Å². The van der Waals surface area contributed by atoms with Gasteiger partial charge in [-0.1, -0.05) is 29.8 Å². The summed E-state index contributed by atoms with van der Waals surface area (Å²) in [5.41, 5.74) is 1.86. The fourth-order valence-corrected chi connectivity index (χ4v) is 2.88. The topological polar surface area (TPSA) is 54.9 Å². The monoisotopic (exact) mass is 317 g/mol. The Hall–Kier alpha value is -1.98. The van der Waals surface area contributed by atoms with E-state index in [4.69, 9.17) is 11.6 Å². The van der Waals surface area contributed by atoms with Crippen LogP contribution in [0.25, 0.3) is 10.9 Å². The van der Waals surface area contributed by atoms with Crippen LogP contribution in [0.3, 0.4) is 0 Å². The molecule has 0 aliphatic rings. The Balaban J connectivity index is 1.81. The van der Waals surface area contributed by atoms with Crippen LogP contribution in [0.15, 0.2) is 35.7 Å². The van der Waals surface area contributed by atoms with Crippen molar-refractivity contribution < 1.29 is 4.79 Å². The van der Waals surface area contributed by atoms with E-state index >= 15 is 0 Å². The second-order valence-corrected chi connectivity index (χ2v) is 6.02. The summed E-state index contributed by atoms with van der Waals surface area (Å²) in [6, 6.07) is 9.06. The number of carbonyl (C=O) groups excluding carboxylic acids is 1. The van der Waals surface area contributed by atoms with Gasteiger partial charge in [0.2, 0.25) is 0 Å². The highest BCUT2D eigenvalue weighted by Gasteiger charge is 2.11. The molecule has 1 aromatic carbocycles. The fraction of sp³-hybridized carbons (Fsp3) is 0.133. The molecule has 21 heavy (non-hydrogen) atoms. The first-order valence-corrected chi connectivity index (χ1v) is 7.64. The molecular formula is C15H12ClN3OS. The minimum Gasteiger partial charge on any atom is -0.345 e. The third-order valence-corrected chi connectivity index (χ3v) is 4.13. The Labute approximate surface area is 130 Å². The van der Waals surface area contributed by atoms with Crippen molar-refractivity contribution in [3.05, 3.63) is 57.1 Å². The van der Waals surface area contributed by atoms with E-state index in [9.17, 15) is 4.79 Å². The first kappa shape index (κ1) is 14.0. The average Bonchev–Trinajstić information content (AvgIpc) is 2.90. The molecule has 0 atom stereocenters. The van der Waals surface area contributed by atoms with Crippen LogP contribution in [-0.2, 0) is 6.54 Å². The molecule has 106 valence electrons. The predicted octanol–water partition coefficient (Wildman–Crippen LogP) is 3.58. The Morgan fingerprint density at radius 1 is 1.33 bits per heavy atom. The molecule has 0 saturated heterocycles. The number of para-hydroxylation sites is 1. The summed E-state index contributed by atoms with van der Waals surface area (Å²) in [5.74, 6) is -0.256. The van der Waals surface area contributed by atoms with Crippen molar-refractivity contribution in [2.24, 2.45) is 0 Å². The van der Waals surface area contributed by atoms with Gasteiger partial charge in [0.05, 0.1) is 27.8 Å². The van der Waals surface area contributed by atoms with Gasteiger partial charge < -0.3 is 5.32 Å². The highest BCUT2D eigenvalue weighted by Crippen LogP contribution is 2.22. The quantitative estimate of drug-likeness (QED) is 0.803. The molecule has 0 radical (unpaired) electrons.